The van der Waals surface area contributed by atoms with Gasteiger partial charge in [-0.2, -0.15) is 0 Å². The molecule has 1 aromatic heterocycles. The lowest BCUT2D eigenvalue weighted by atomic mass is 10.2. The first kappa shape index (κ1) is 14.8. The standard InChI is InChI=1S/C16H20ClN3/c1-12(2)20(11-13-6-4-3-5-7-13)16-15(17)8-14(9-18)10-19-16/h3-8,10,12H,9,11,18H2,1-2H3. The van der Waals surface area contributed by atoms with Crippen molar-refractivity contribution in [1.82, 2.24) is 4.98 Å². The van der Waals surface area contributed by atoms with Crippen molar-refractivity contribution in [2.45, 2.75) is 33.0 Å². The van der Waals surface area contributed by atoms with E-state index in [9.17, 15) is 0 Å². The van der Waals surface area contributed by atoms with Gasteiger partial charge in [-0.1, -0.05) is 41.9 Å². The predicted octanol–water partition coefficient (Wildman–Crippen LogP) is 3.61. The molecule has 0 aliphatic heterocycles. The molecule has 0 bridgehead atoms. The van der Waals surface area contributed by atoms with E-state index in [1.807, 2.05) is 24.3 Å². The van der Waals surface area contributed by atoms with Crippen molar-refractivity contribution in [2.24, 2.45) is 5.73 Å². The van der Waals surface area contributed by atoms with Crippen molar-refractivity contribution in [3.05, 3.63) is 58.7 Å². The summed E-state index contributed by atoms with van der Waals surface area (Å²) >= 11 is 6.35. The van der Waals surface area contributed by atoms with Gasteiger partial charge >= 0.3 is 0 Å². The Hall–Kier alpha value is -1.58. The molecule has 1 aromatic carbocycles. The van der Waals surface area contributed by atoms with E-state index in [0.29, 0.717) is 17.6 Å². The maximum absolute atomic E-state index is 6.35. The SMILES string of the molecule is CC(C)N(Cc1ccccc1)c1ncc(CN)cc1Cl. The number of aromatic nitrogens is 1. The highest BCUT2D eigenvalue weighted by atomic mass is 35.5. The molecular weight excluding hydrogens is 270 g/mol. The Morgan fingerprint density at radius 2 is 1.90 bits per heavy atom. The van der Waals surface area contributed by atoms with E-state index in [1.54, 1.807) is 6.20 Å². The van der Waals surface area contributed by atoms with Crippen LogP contribution in [-0.2, 0) is 13.1 Å². The second kappa shape index (κ2) is 6.73. The van der Waals surface area contributed by atoms with Crippen molar-refractivity contribution < 1.29 is 0 Å². The highest BCUT2D eigenvalue weighted by Crippen LogP contribution is 2.27. The monoisotopic (exact) mass is 289 g/mol. The molecule has 106 valence electrons. The normalized spacial score (nSPS) is 10.8. The summed E-state index contributed by atoms with van der Waals surface area (Å²) in [7, 11) is 0. The molecule has 0 saturated heterocycles. The number of hydrogen-bond acceptors (Lipinski definition) is 3. The summed E-state index contributed by atoms with van der Waals surface area (Å²) in [5, 5.41) is 0.651. The molecule has 0 amide bonds. The van der Waals surface area contributed by atoms with Crippen LogP contribution in [0.4, 0.5) is 5.82 Å². The molecule has 0 unspecified atom stereocenters. The summed E-state index contributed by atoms with van der Waals surface area (Å²) in [6.45, 7) is 5.51. The third-order valence-electron chi connectivity index (χ3n) is 3.21. The maximum atomic E-state index is 6.35. The lowest BCUT2D eigenvalue weighted by molar-refractivity contribution is 0.672. The molecule has 20 heavy (non-hydrogen) atoms. The number of benzene rings is 1. The van der Waals surface area contributed by atoms with Crippen LogP contribution in [0.2, 0.25) is 5.02 Å². The van der Waals surface area contributed by atoms with E-state index in [0.717, 1.165) is 17.9 Å². The van der Waals surface area contributed by atoms with E-state index in [1.165, 1.54) is 5.56 Å². The number of halogens is 1. The van der Waals surface area contributed by atoms with Crippen LogP contribution in [0.25, 0.3) is 0 Å². The average molecular weight is 290 g/mol. The number of nitrogens with two attached hydrogens (primary N) is 1. The second-order valence-corrected chi connectivity index (χ2v) is 5.47. The number of anilines is 1. The minimum atomic E-state index is 0.309. The molecule has 2 rings (SSSR count). The van der Waals surface area contributed by atoms with Crippen LogP contribution < -0.4 is 10.6 Å². The van der Waals surface area contributed by atoms with Crippen LogP contribution >= 0.6 is 11.6 Å². The Labute approximate surface area is 125 Å². The molecule has 1 heterocycles. The summed E-state index contributed by atoms with van der Waals surface area (Å²) in [5.74, 6) is 0.808. The smallest absolute Gasteiger partial charge is 0.147 e. The van der Waals surface area contributed by atoms with Crippen LogP contribution in [0.3, 0.4) is 0 Å². The number of rotatable bonds is 5. The Kier molecular flexibility index (Phi) is 4.99. The molecule has 4 heteroatoms. The van der Waals surface area contributed by atoms with E-state index in [2.05, 4.69) is 35.9 Å². The second-order valence-electron chi connectivity index (χ2n) is 5.06. The van der Waals surface area contributed by atoms with Gasteiger partial charge in [0.05, 0.1) is 5.02 Å². The number of hydrogen-bond donors (Lipinski definition) is 1. The zero-order valence-electron chi connectivity index (χ0n) is 11.9. The van der Waals surface area contributed by atoms with Crippen LogP contribution in [0.1, 0.15) is 25.0 Å². The van der Waals surface area contributed by atoms with E-state index >= 15 is 0 Å². The highest BCUT2D eigenvalue weighted by molar-refractivity contribution is 6.33. The first-order valence-electron chi connectivity index (χ1n) is 6.77. The fourth-order valence-electron chi connectivity index (χ4n) is 2.08. The first-order chi connectivity index (χ1) is 9.61. The third-order valence-corrected chi connectivity index (χ3v) is 3.48. The summed E-state index contributed by atoms with van der Waals surface area (Å²) in [4.78, 5) is 6.67. The zero-order chi connectivity index (χ0) is 14.5. The molecule has 2 N–H and O–H groups in total. The highest BCUT2D eigenvalue weighted by Gasteiger charge is 2.16. The molecule has 0 aliphatic rings. The van der Waals surface area contributed by atoms with E-state index in [4.69, 9.17) is 17.3 Å². The lowest BCUT2D eigenvalue weighted by Crippen LogP contribution is -2.31. The van der Waals surface area contributed by atoms with Crippen molar-refractivity contribution in [3.8, 4) is 0 Å². The summed E-state index contributed by atoms with van der Waals surface area (Å²) in [6.07, 6.45) is 1.79. The van der Waals surface area contributed by atoms with Gasteiger partial charge in [0, 0.05) is 25.3 Å². The summed E-state index contributed by atoms with van der Waals surface area (Å²) < 4.78 is 0. The van der Waals surface area contributed by atoms with Crippen molar-refractivity contribution in [3.63, 3.8) is 0 Å². The molecule has 3 nitrogen and oxygen atoms in total. The first-order valence-corrected chi connectivity index (χ1v) is 7.14. The van der Waals surface area contributed by atoms with Crippen LogP contribution in [0.5, 0.6) is 0 Å². The Balaban J connectivity index is 2.29. The summed E-state index contributed by atoms with van der Waals surface area (Å²) in [6, 6.07) is 12.5. The molecule has 0 saturated carbocycles. The van der Waals surface area contributed by atoms with E-state index in [-0.39, 0.29) is 0 Å². The quantitative estimate of drug-likeness (QED) is 0.914. The van der Waals surface area contributed by atoms with Gasteiger partial charge in [0.2, 0.25) is 0 Å². The van der Waals surface area contributed by atoms with Gasteiger partial charge in [0.25, 0.3) is 0 Å². The molecule has 2 aromatic rings. The molecule has 0 fully saturated rings. The van der Waals surface area contributed by atoms with Crippen LogP contribution in [-0.4, -0.2) is 11.0 Å². The number of pyridine rings is 1. The zero-order valence-corrected chi connectivity index (χ0v) is 12.6. The summed E-state index contributed by atoms with van der Waals surface area (Å²) in [5.41, 5.74) is 7.80. The van der Waals surface area contributed by atoms with Gasteiger partial charge < -0.3 is 10.6 Å². The lowest BCUT2D eigenvalue weighted by Gasteiger charge is -2.29. The minimum absolute atomic E-state index is 0.309. The fraction of sp³-hybridized carbons (Fsp3) is 0.312. The average Bonchev–Trinajstić information content (AvgIpc) is 2.46. The van der Waals surface area contributed by atoms with Gasteiger partial charge in [0.15, 0.2) is 0 Å². The fourth-order valence-corrected chi connectivity index (χ4v) is 2.37. The minimum Gasteiger partial charge on any atom is -0.349 e. The van der Waals surface area contributed by atoms with Gasteiger partial charge in [-0.05, 0) is 31.0 Å². The van der Waals surface area contributed by atoms with Gasteiger partial charge in [-0.3, -0.25) is 0 Å². The van der Waals surface area contributed by atoms with Crippen molar-refractivity contribution in [2.75, 3.05) is 4.90 Å². The van der Waals surface area contributed by atoms with Gasteiger partial charge in [-0.25, -0.2) is 4.98 Å². The molecule has 0 spiro atoms. The largest absolute Gasteiger partial charge is 0.349 e. The van der Waals surface area contributed by atoms with Crippen molar-refractivity contribution in [1.29, 1.82) is 0 Å². The Morgan fingerprint density at radius 1 is 1.20 bits per heavy atom. The van der Waals surface area contributed by atoms with Crippen molar-refractivity contribution >= 4 is 17.4 Å². The molecular formula is C16H20ClN3. The van der Waals surface area contributed by atoms with Crippen LogP contribution in [0, 0.1) is 0 Å². The van der Waals surface area contributed by atoms with Gasteiger partial charge in [0.1, 0.15) is 5.82 Å². The topological polar surface area (TPSA) is 42.2 Å². The van der Waals surface area contributed by atoms with E-state index < -0.39 is 0 Å². The third kappa shape index (κ3) is 3.50. The van der Waals surface area contributed by atoms with Crippen LogP contribution in [0.15, 0.2) is 42.6 Å². The molecule has 0 atom stereocenters. The Bertz CT molecular complexity index is 555. The van der Waals surface area contributed by atoms with Gasteiger partial charge in [-0.15, -0.1) is 0 Å². The maximum Gasteiger partial charge on any atom is 0.147 e. The number of nitrogens with zero attached hydrogens (tertiary/aromatic N) is 2. The molecule has 0 radical (unpaired) electrons. The molecule has 0 aliphatic carbocycles. The predicted molar refractivity (Wildman–Crippen MR) is 84.9 cm³/mol. The Morgan fingerprint density at radius 3 is 2.45 bits per heavy atom.